The van der Waals surface area contributed by atoms with Gasteiger partial charge in [-0.15, -0.1) is 12.4 Å². The van der Waals surface area contributed by atoms with E-state index in [1.165, 1.54) is 0 Å². The second-order valence-electron chi connectivity index (χ2n) is 3.06. The highest BCUT2D eigenvalue weighted by atomic mass is 35.5. The molecule has 0 amide bonds. The smallest absolute Gasteiger partial charge is 0.327 e. The third-order valence-electron chi connectivity index (χ3n) is 1.86. The van der Waals surface area contributed by atoms with Crippen LogP contribution in [0.3, 0.4) is 0 Å². The van der Waals surface area contributed by atoms with Gasteiger partial charge < -0.3 is 10.5 Å². The minimum Gasteiger partial charge on any atom is -0.464 e. The van der Waals surface area contributed by atoms with E-state index in [1.807, 2.05) is 37.3 Å². The Morgan fingerprint density at radius 3 is 2.53 bits per heavy atom. The Bertz CT molecular complexity index is 290. The summed E-state index contributed by atoms with van der Waals surface area (Å²) in [6.07, 6.45) is 0.813. The minimum absolute atomic E-state index is 0. The molecule has 1 aromatic carbocycles. The van der Waals surface area contributed by atoms with Gasteiger partial charge in [0, 0.05) is 0 Å². The lowest BCUT2D eigenvalue weighted by Crippen LogP contribution is -2.23. The van der Waals surface area contributed by atoms with Gasteiger partial charge in [0.05, 0.1) is 6.61 Å². The minimum atomic E-state index is -0.664. The van der Waals surface area contributed by atoms with Crippen molar-refractivity contribution in [3.05, 3.63) is 35.9 Å². The van der Waals surface area contributed by atoms with Crippen molar-refractivity contribution >= 4 is 18.4 Å². The summed E-state index contributed by atoms with van der Waals surface area (Å²) in [7, 11) is 0. The molecule has 0 aromatic heterocycles. The molecule has 0 bridgehead atoms. The molecular formula is C11H16ClNO2. The monoisotopic (exact) mass is 229 g/mol. The Hall–Kier alpha value is -1.06. The predicted octanol–water partition coefficient (Wildman–Crippen LogP) is 2.06. The van der Waals surface area contributed by atoms with Crippen LogP contribution in [0, 0.1) is 0 Å². The van der Waals surface area contributed by atoms with Gasteiger partial charge in [-0.2, -0.15) is 0 Å². The molecule has 2 N–H and O–H groups in total. The SMILES string of the molecule is CCCOC(=O)[C@H](N)c1ccccc1.Cl. The molecule has 0 fully saturated rings. The van der Waals surface area contributed by atoms with Gasteiger partial charge in [0.25, 0.3) is 0 Å². The number of carbonyl (C=O) groups is 1. The number of nitrogens with two attached hydrogens (primary N) is 1. The summed E-state index contributed by atoms with van der Waals surface area (Å²) in [6, 6.07) is 8.55. The molecule has 0 saturated carbocycles. The Morgan fingerprint density at radius 2 is 2.00 bits per heavy atom. The van der Waals surface area contributed by atoms with Crippen LogP contribution in [-0.2, 0) is 9.53 Å². The summed E-state index contributed by atoms with van der Waals surface area (Å²) in [4.78, 5) is 11.4. The van der Waals surface area contributed by atoms with Crippen molar-refractivity contribution < 1.29 is 9.53 Å². The van der Waals surface area contributed by atoms with Gasteiger partial charge in [-0.05, 0) is 12.0 Å². The van der Waals surface area contributed by atoms with Gasteiger partial charge in [-0.1, -0.05) is 37.3 Å². The second kappa shape index (κ2) is 7.26. The molecule has 0 aliphatic heterocycles. The molecular weight excluding hydrogens is 214 g/mol. The van der Waals surface area contributed by atoms with Gasteiger partial charge in [0.15, 0.2) is 0 Å². The quantitative estimate of drug-likeness (QED) is 0.805. The van der Waals surface area contributed by atoms with Gasteiger partial charge in [0.2, 0.25) is 0 Å². The van der Waals surface area contributed by atoms with Crippen LogP contribution in [0.1, 0.15) is 24.9 Å². The molecule has 1 atom stereocenters. The highest BCUT2D eigenvalue weighted by Gasteiger charge is 2.15. The summed E-state index contributed by atoms with van der Waals surface area (Å²) in [5.74, 6) is -0.363. The molecule has 0 saturated heterocycles. The third-order valence-corrected chi connectivity index (χ3v) is 1.86. The highest BCUT2D eigenvalue weighted by Crippen LogP contribution is 2.10. The summed E-state index contributed by atoms with van der Waals surface area (Å²) in [5, 5.41) is 0. The molecule has 0 radical (unpaired) electrons. The number of hydrogen-bond acceptors (Lipinski definition) is 3. The lowest BCUT2D eigenvalue weighted by atomic mass is 10.1. The fourth-order valence-electron chi connectivity index (χ4n) is 1.09. The fraction of sp³-hybridized carbons (Fsp3) is 0.364. The van der Waals surface area contributed by atoms with Gasteiger partial charge in [-0.3, -0.25) is 0 Å². The molecule has 0 aliphatic carbocycles. The van der Waals surface area contributed by atoms with Crippen molar-refractivity contribution in [2.24, 2.45) is 5.73 Å². The Labute approximate surface area is 96.0 Å². The zero-order chi connectivity index (χ0) is 10.4. The van der Waals surface area contributed by atoms with Crippen LogP contribution >= 0.6 is 12.4 Å². The van der Waals surface area contributed by atoms with E-state index in [-0.39, 0.29) is 18.4 Å². The predicted molar refractivity (Wildman–Crippen MR) is 61.9 cm³/mol. The zero-order valence-electron chi connectivity index (χ0n) is 8.68. The molecule has 0 aliphatic rings. The largest absolute Gasteiger partial charge is 0.464 e. The first-order chi connectivity index (χ1) is 6.75. The van der Waals surface area contributed by atoms with Crippen molar-refractivity contribution in [1.29, 1.82) is 0 Å². The van der Waals surface area contributed by atoms with Crippen molar-refractivity contribution in [2.75, 3.05) is 6.61 Å². The van der Waals surface area contributed by atoms with E-state index in [0.717, 1.165) is 12.0 Å². The number of halogens is 1. The molecule has 1 rings (SSSR count). The first-order valence-corrected chi connectivity index (χ1v) is 4.73. The van der Waals surface area contributed by atoms with E-state index in [0.29, 0.717) is 6.61 Å². The number of hydrogen-bond donors (Lipinski definition) is 1. The molecule has 4 heteroatoms. The standard InChI is InChI=1S/C11H15NO2.ClH/c1-2-8-14-11(13)10(12)9-6-4-3-5-7-9;/h3-7,10H,2,8,12H2,1H3;1H/t10-;/m1./s1. The van der Waals surface area contributed by atoms with E-state index in [4.69, 9.17) is 10.5 Å². The lowest BCUT2D eigenvalue weighted by molar-refractivity contribution is -0.145. The maximum atomic E-state index is 11.4. The Balaban J connectivity index is 0.00000196. The molecule has 1 aromatic rings. The summed E-state index contributed by atoms with van der Waals surface area (Å²) in [6.45, 7) is 2.38. The molecule has 15 heavy (non-hydrogen) atoms. The first kappa shape index (κ1) is 13.9. The summed E-state index contributed by atoms with van der Waals surface area (Å²) < 4.78 is 4.94. The van der Waals surface area contributed by atoms with Crippen LogP contribution in [0.15, 0.2) is 30.3 Å². The molecule has 0 heterocycles. The van der Waals surface area contributed by atoms with Crippen LogP contribution in [0.5, 0.6) is 0 Å². The number of benzene rings is 1. The summed E-state index contributed by atoms with van der Waals surface area (Å²) in [5.41, 5.74) is 6.49. The molecule has 0 spiro atoms. The maximum Gasteiger partial charge on any atom is 0.327 e. The number of rotatable bonds is 4. The van der Waals surface area contributed by atoms with Crippen molar-refractivity contribution in [3.63, 3.8) is 0 Å². The fourth-order valence-corrected chi connectivity index (χ4v) is 1.09. The molecule has 84 valence electrons. The van der Waals surface area contributed by atoms with Crippen molar-refractivity contribution in [3.8, 4) is 0 Å². The van der Waals surface area contributed by atoms with E-state index < -0.39 is 6.04 Å². The van der Waals surface area contributed by atoms with Crippen molar-refractivity contribution in [2.45, 2.75) is 19.4 Å². The van der Waals surface area contributed by atoms with E-state index in [2.05, 4.69) is 0 Å². The van der Waals surface area contributed by atoms with Crippen LogP contribution in [-0.4, -0.2) is 12.6 Å². The Morgan fingerprint density at radius 1 is 1.40 bits per heavy atom. The average Bonchev–Trinajstić information content (AvgIpc) is 2.26. The Kier molecular flexibility index (Phi) is 6.75. The van der Waals surface area contributed by atoms with E-state index in [9.17, 15) is 4.79 Å². The third kappa shape index (κ3) is 4.32. The average molecular weight is 230 g/mol. The zero-order valence-corrected chi connectivity index (χ0v) is 9.50. The summed E-state index contributed by atoms with van der Waals surface area (Å²) >= 11 is 0. The topological polar surface area (TPSA) is 52.3 Å². The number of esters is 1. The molecule has 3 nitrogen and oxygen atoms in total. The van der Waals surface area contributed by atoms with Crippen LogP contribution in [0.4, 0.5) is 0 Å². The molecule has 0 unspecified atom stereocenters. The first-order valence-electron chi connectivity index (χ1n) is 4.73. The van der Waals surface area contributed by atoms with Gasteiger partial charge >= 0.3 is 5.97 Å². The maximum absolute atomic E-state index is 11.4. The number of carbonyl (C=O) groups excluding carboxylic acids is 1. The lowest BCUT2D eigenvalue weighted by Gasteiger charge is -2.10. The van der Waals surface area contributed by atoms with Crippen molar-refractivity contribution in [1.82, 2.24) is 0 Å². The van der Waals surface area contributed by atoms with E-state index >= 15 is 0 Å². The number of ether oxygens (including phenoxy) is 1. The van der Waals surface area contributed by atoms with Crippen LogP contribution in [0.2, 0.25) is 0 Å². The second-order valence-corrected chi connectivity index (χ2v) is 3.06. The highest BCUT2D eigenvalue weighted by molar-refractivity contribution is 5.85. The van der Waals surface area contributed by atoms with Gasteiger partial charge in [-0.25, -0.2) is 4.79 Å². The van der Waals surface area contributed by atoms with Crippen LogP contribution in [0.25, 0.3) is 0 Å². The van der Waals surface area contributed by atoms with Crippen LogP contribution < -0.4 is 5.73 Å². The van der Waals surface area contributed by atoms with E-state index in [1.54, 1.807) is 0 Å². The van der Waals surface area contributed by atoms with Gasteiger partial charge in [0.1, 0.15) is 6.04 Å². The normalized spacial score (nSPS) is 11.3.